The first-order valence-electron chi connectivity index (χ1n) is 6.96. The van der Waals surface area contributed by atoms with Crippen molar-refractivity contribution in [3.05, 3.63) is 6.20 Å². The minimum Gasteiger partial charge on any atom is -0.380 e. The number of anilines is 1. The van der Waals surface area contributed by atoms with Gasteiger partial charge in [-0.1, -0.05) is 25.3 Å². The van der Waals surface area contributed by atoms with Gasteiger partial charge in [0, 0.05) is 36.0 Å². The summed E-state index contributed by atoms with van der Waals surface area (Å²) in [5.74, 6) is 0.310. The third-order valence-electron chi connectivity index (χ3n) is 4.64. The van der Waals surface area contributed by atoms with Crippen LogP contribution in [-0.4, -0.2) is 34.9 Å². The van der Waals surface area contributed by atoms with Crippen LogP contribution in [0.4, 0.5) is 9.80 Å². The zero-order valence-electron chi connectivity index (χ0n) is 12.3. The number of amides is 2. The Balaban J connectivity index is 2.02. The standard InChI is InChI=1S/C13H22N4O2S/c1-5-13(6-2)10(8(3)11(13)19-4)16-12(18)15-9-7-14-17-20-9/h7-8,10-11H,5-6H2,1-4H3,(H2,15,16,18). The normalized spacial score (nSPS) is 27.7. The molecule has 2 amide bonds. The van der Waals surface area contributed by atoms with E-state index in [1.807, 2.05) is 0 Å². The molecule has 1 saturated carbocycles. The van der Waals surface area contributed by atoms with Crippen molar-refractivity contribution in [1.82, 2.24) is 14.9 Å². The van der Waals surface area contributed by atoms with Crippen LogP contribution in [0.3, 0.4) is 0 Å². The summed E-state index contributed by atoms with van der Waals surface area (Å²) in [6, 6.07) is -0.0722. The third-order valence-corrected chi connectivity index (χ3v) is 5.22. The number of ether oxygens (including phenoxy) is 1. The van der Waals surface area contributed by atoms with E-state index in [1.54, 1.807) is 13.3 Å². The number of hydrogen-bond acceptors (Lipinski definition) is 5. The van der Waals surface area contributed by atoms with Crippen molar-refractivity contribution >= 4 is 22.6 Å². The maximum atomic E-state index is 12.1. The molecule has 3 atom stereocenters. The van der Waals surface area contributed by atoms with Crippen LogP contribution in [0, 0.1) is 11.3 Å². The van der Waals surface area contributed by atoms with Gasteiger partial charge in [0.2, 0.25) is 0 Å². The second-order valence-electron chi connectivity index (χ2n) is 5.31. The van der Waals surface area contributed by atoms with Gasteiger partial charge in [-0.3, -0.25) is 5.32 Å². The fourth-order valence-electron chi connectivity index (χ4n) is 3.61. The molecule has 6 nitrogen and oxygen atoms in total. The van der Waals surface area contributed by atoms with Gasteiger partial charge in [-0.05, 0) is 12.8 Å². The number of methoxy groups -OCH3 is 1. The van der Waals surface area contributed by atoms with Gasteiger partial charge in [-0.2, -0.15) is 0 Å². The summed E-state index contributed by atoms with van der Waals surface area (Å²) in [4.78, 5) is 12.1. The quantitative estimate of drug-likeness (QED) is 0.875. The maximum absolute atomic E-state index is 12.1. The minimum atomic E-state index is -0.200. The molecule has 0 aliphatic heterocycles. The average Bonchev–Trinajstić information content (AvgIpc) is 2.94. The van der Waals surface area contributed by atoms with Crippen molar-refractivity contribution in [3.8, 4) is 0 Å². The summed E-state index contributed by atoms with van der Waals surface area (Å²) in [6.07, 6.45) is 3.71. The maximum Gasteiger partial charge on any atom is 0.320 e. The highest BCUT2D eigenvalue weighted by Gasteiger charge is 2.58. The zero-order valence-corrected chi connectivity index (χ0v) is 13.2. The largest absolute Gasteiger partial charge is 0.380 e. The van der Waals surface area contributed by atoms with Crippen molar-refractivity contribution in [2.75, 3.05) is 12.4 Å². The van der Waals surface area contributed by atoms with Crippen LogP contribution >= 0.6 is 11.5 Å². The van der Waals surface area contributed by atoms with E-state index in [2.05, 4.69) is 41.0 Å². The first-order valence-corrected chi connectivity index (χ1v) is 7.74. The molecule has 7 heteroatoms. The number of carbonyl (C=O) groups is 1. The molecule has 0 aromatic carbocycles. The van der Waals surface area contributed by atoms with Crippen molar-refractivity contribution in [2.45, 2.75) is 45.8 Å². The van der Waals surface area contributed by atoms with Gasteiger partial charge in [0.25, 0.3) is 0 Å². The molecule has 3 unspecified atom stereocenters. The Bertz CT molecular complexity index is 447. The molecule has 0 saturated heterocycles. The molecule has 0 radical (unpaired) electrons. The Kier molecular flexibility index (Phi) is 4.59. The second-order valence-corrected chi connectivity index (χ2v) is 6.10. The van der Waals surface area contributed by atoms with Crippen LogP contribution in [0.5, 0.6) is 0 Å². The van der Waals surface area contributed by atoms with E-state index < -0.39 is 0 Å². The molecular formula is C13H22N4O2S. The first kappa shape index (κ1) is 15.2. The van der Waals surface area contributed by atoms with E-state index in [0.29, 0.717) is 10.9 Å². The van der Waals surface area contributed by atoms with E-state index in [-0.39, 0.29) is 23.6 Å². The molecule has 1 aromatic rings. The topological polar surface area (TPSA) is 76.1 Å². The van der Waals surface area contributed by atoms with Crippen LogP contribution in [-0.2, 0) is 4.74 Å². The fourth-order valence-corrected chi connectivity index (χ4v) is 4.02. The summed E-state index contributed by atoms with van der Waals surface area (Å²) in [7, 11) is 1.75. The average molecular weight is 298 g/mol. The Hall–Kier alpha value is -1.21. The lowest BCUT2D eigenvalue weighted by Gasteiger charge is -2.59. The number of aromatic nitrogens is 2. The summed E-state index contributed by atoms with van der Waals surface area (Å²) >= 11 is 1.16. The highest BCUT2D eigenvalue weighted by Crippen LogP contribution is 2.52. The first-order chi connectivity index (χ1) is 9.58. The van der Waals surface area contributed by atoms with Crippen LogP contribution in [0.2, 0.25) is 0 Å². The molecule has 0 spiro atoms. The molecule has 1 aromatic heterocycles. The van der Waals surface area contributed by atoms with E-state index in [0.717, 1.165) is 24.4 Å². The summed E-state index contributed by atoms with van der Waals surface area (Å²) in [5.41, 5.74) is 0.0253. The molecule has 1 heterocycles. The second kappa shape index (κ2) is 6.05. The van der Waals surface area contributed by atoms with Crippen LogP contribution in [0.1, 0.15) is 33.6 Å². The Morgan fingerprint density at radius 2 is 2.20 bits per heavy atom. The summed E-state index contributed by atoms with van der Waals surface area (Å²) in [6.45, 7) is 6.43. The predicted molar refractivity (Wildman–Crippen MR) is 78.8 cm³/mol. The molecule has 1 aliphatic rings. The van der Waals surface area contributed by atoms with Crippen molar-refractivity contribution < 1.29 is 9.53 Å². The van der Waals surface area contributed by atoms with Crippen molar-refractivity contribution in [3.63, 3.8) is 0 Å². The molecule has 1 aliphatic carbocycles. The summed E-state index contributed by atoms with van der Waals surface area (Å²) < 4.78 is 9.34. The minimum absolute atomic E-state index is 0.0253. The molecule has 1 fully saturated rings. The van der Waals surface area contributed by atoms with E-state index >= 15 is 0 Å². The lowest BCUT2D eigenvalue weighted by molar-refractivity contribution is -0.163. The predicted octanol–water partition coefficient (Wildman–Crippen LogP) is 2.50. The third kappa shape index (κ3) is 2.40. The van der Waals surface area contributed by atoms with Crippen LogP contribution in [0.25, 0.3) is 0 Å². The Morgan fingerprint density at radius 3 is 2.70 bits per heavy atom. The number of rotatable bonds is 5. The van der Waals surface area contributed by atoms with E-state index in [9.17, 15) is 4.79 Å². The number of carbonyl (C=O) groups excluding carboxylic acids is 1. The molecule has 2 rings (SSSR count). The van der Waals surface area contributed by atoms with Crippen molar-refractivity contribution in [1.29, 1.82) is 0 Å². The van der Waals surface area contributed by atoms with Crippen LogP contribution in [0.15, 0.2) is 6.20 Å². The lowest BCUT2D eigenvalue weighted by atomic mass is 9.53. The van der Waals surface area contributed by atoms with E-state index in [4.69, 9.17) is 4.74 Å². The highest BCUT2D eigenvalue weighted by atomic mass is 32.1. The van der Waals surface area contributed by atoms with Crippen LogP contribution < -0.4 is 10.6 Å². The fraction of sp³-hybridized carbons (Fsp3) is 0.769. The zero-order chi connectivity index (χ0) is 14.8. The monoisotopic (exact) mass is 298 g/mol. The smallest absolute Gasteiger partial charge is 0.320 e. The lowest BCUT2D eigenvalue weighted by Crippen LogP contribution is -2.70. The number of hydrogen-bond donors (Lipinski definition) is 2. The molecule has 112 valence electrons. The van der Waals surface area contributed by atoms with Gasteiger partial charge in [-0.25, -0.2) is 4.79 Å². The molecule has 20 heavy (non-hydrogen) atoms. The van der Waals surface area contributed by atoms with Gasteiger partial charge >= 0.3 is 6.03 Å². The Morgan fingerprint density at radius 1 is 1.50 bits per heavy atom. The van der Waals surface area contributed by atoms with Gasteiger partial charge < -0.3 is 10.1 Å². The molecule has 2 N–H and O–H groups in total. The number of nitrogens with zero attached hydrogens (tertiary/aromatic N) is 2. The van der Waals surface area contributed by atoms with Gasteiger partial charge in [0.1, 0.15) is 5.00 Å². The highest BCUT2D eigenvalue weighted by molar-refractivity contribution is 7.10. The number of urea groups is 1. The molecule has 0 bridgehead atoms. The van der Waals surface area contributed by atoms with Gasteiger partial charge in [0.05, 0.1) is 12.3 Å². The SMILES string of the molecule is CCC1(CC)C(NC(=O)Nc2cnns2)C(C)C1OC. The van der Waals surface area contributed by atoms with Crippen molar-refractivity contribution in [2.24, 2.45) is 11.3 Å². The molecular weight excluding hydrogens is 276 g/mol. The van der Waals surface area contributed by atoms with Gasteiger partial charge in [-0.15, -0.1) is 5.10 Å². The Labute approximate surface area is 123 Å². The van der Waals surface area contributed by atoms with E-state index in [1.165, 1.54) is 0 Å². The summed E-state index contributed by atoms with van der Waals surface area (Å²) in [5, 5.41) is 10.2. The van der Waals surface area contributed by atoms with Gasteiger partial charge in [0.15, 0.2) is 0 Å². The number of nitrogens with one attached hydrogen (secondary N) is 2.